The molecule has 0 radical (unpaired) electrons. The number of Topliss-reactive ketones (excluding diaryl/α,β-unsaturated/α-hetero) is 1. The molecular formula is C28H28ClNO6. The number of benzene rings is 2. The third kappa shape index (κ3) is 4.22. The molecule has 8 heteroatoms. The second-order valence-electron chi connectivity index (χ2n) is 9.52. The van der Waals surface area contributed by atoms with Crippen molar-refractivity contribution in [2.45, 2.75) is 57.7 Å². The standard InChI is InChI=1S/C28H28ClNO6/c1-15(2)35-20-10-8-16(9-11-20)24-23(26(32)28(33)30(24)19-6-4-5-7-19)25(31)21-13-17-12-18(29)14-22(34-3)27(17)36-21/h8-15,19,24,32H,4-7H2,1-3H3. The van der Waals surface area contributed by atoms with E-state index in [2.05, 4.69) is 0 Å². The van der Waals surface area contributed by atoms with Crippen molar-refractivity contribution in [3.8, 4) is 11.5 Å². The number of carbonyl (C=O) groups excluding carboxylic acids is 2. The van der Waals surface area contributed by atoms with Gasteiger partial charge < -0.3 is 23.9 Å². The number of amides is 1. The molecule has 1 aliphatic carbocycles. The number of aliphatic hydroxyl groups excluding tert-OH is 1. The minimum Gasteiger partial charge on any atom is -0.503 e. The Kier molecular flexibility index (Phi) is 6.43. The third-order valence-corrected chi connectivity index (χ3v) is 6.98. The van der Waals surface area contributed by atoms with Crippen LogP contribution in [0.5, 0.6) is 11.5 Å². The van der Waals surface area contributed by atoms with Crippen LogP contribution in [0.4, 0.5) is 0 Å². The molecule has 2 heterocycles. The first kappa shape index (κ1) is 24.3. The summed E-state index contributed by atoms with van der Waals surface area (Å²) < 4.78 is 17.0. The van der Waals surface area contributed by atoms with Crippen LogP contribution in [0.1, 0.15) is 61.7 Å². The number of nitrogens with zero attached hydrogens (tertiary/aromatic N) is 1. The zero-order chi connectivity index (χ0) is 25.6. The minimum absolute atomic E-state index is 0.00190. The van der Waals surface area contributed by atoms with E-state index < -0.39 is 23.5 Å². The van der Waals surface area contributed by atoms with E-state index in [1.165, 1.54) is 7.11 Å². The van der Waals surface area contributed by atoms with E-state index in [-0.39, 0.29) is 23.5 Å². The number of ketones is 1. The highest BCUT2D eigenvalue weighted by atomic mass is 35.5. The van der Waals surface area contributed by atoms with Gasteiger partial charge in [-0.15, -0.1) is 0 Å². The number of ether oxygens (including phenoxy) is 2. The second-order valence-corrected chi connectivity index (χ2v) is 9.95. The Morgan fingerprint density at radius 2 is 1.83 bits per heavy atom. The first-order valence-electron chi connectivity index (χ1n) is 12.1. The maximum atomic E-state index is 13.8. The van der Waals surface area contributed by atoms with E-state index in [4.69, 9.17) is 25.5 Å². The summed E-state index contributed by atoms with van der Waals surface area (Å²) in [6.07, 6.45) is 3.66. The molecule has 5 rings (SSSR count). The zero-order valence-electron chi connectivity index (χ0n) is 20.4. The highest BCUT2D eigenvalue weighted by Crippen LogP contribution is 2.44. The summed E-state index contributed by atoms with van der Waals surface area (Å²) in [5.74, 6) is -0.546. The predicted molar refractivity (Wildman–Crippen MR) is 136 cm³/mol. The lowest BCUT2D eigenvalue weighted by molar-refractivity contribution is -0.131. The average molecular weight is 510 g/mol. The first-order chi connectivity index (χ1) is 17.3. The normalized spacial score (nSPS) is 18.6. The van der Waals surface area contributed by atoms with E-state index in [0.717, 1.165) is 31.2 Å². The van der Waals surface area contributed by atoms with Crippen molar-refractivity contribution >= 4 is 34.3 Å². The number of furan rings is 1. The molecule has 2 aromatic carbocycles. The molecule has 1 amide bonds. The van der Waals surface area contributed by atoms with Crippen molar-refractivity contribution in [3.05, 3.63) is 70.1 Å². The van der Waals surface area contributed by atoms with Gasteiger partial charge in [0.1, 0.15) is 5.75 Å². The van der Waals surface area contributed by atoms with Crippen LogP contribution in [-0.4, -0.2) is 41.0 Å². The summed E-state index contributed by atoms with van der Waals surface area (Å²) in [7, 11) is 1.49. The minimum atomic E-state index is -0.736. The molecule has 2 aliphatic rings. The molecule has 188 valence electrons. The molecule has 36 heavy (non-hydrogen) atoms. The van der Waals surface area contributed by atoms with Gasteiger partial charge >= 0.3 is 0 Å². The van der Waals surface area contributed by atoms with Crippen LogP contribution in [0.15, 0.2) is 58.2 Å². The highest BCUT2D eigenvalue weighted by molar-refractivity contribution is 6.31. The Balaban J connectivity index is 1.59. The van der Waals surface area contributed by atoms with E-state index in [0.29, 0.717) is 27.5 Å². The van der Waals surface area contributed by atoms with Crippen LogP contribution >= 0.6 is 11.6 Å². The number of carbonyl (C=O) groups is 2. The fourth-order valence-electron chi connectivity index (χ4n) is 5.22. The molecule has 0 spiro atoms. The monoisotopic (exact) mass is 509 g/mol. The van der Waals surface area contributed by atoms with Crippen molar-refractivity contribution < 1.29 is 28.6 Å². The molecule has 1 atom stereocenters. The summed E-state index contributed by atoms with van der Waals surface area (Å²) in [6.45, 7) is 3.89. The van der Waals surface area contributed by atoms with Gasteiger partial charge in [-0.25, -0.2) is 0 Å². The lowest BCUT2D eigenvalue weighted by Crippen LogP contribution is -2.38. The number of fused-ring (bicyclic) bond motifs is 1. The fourth-order valence-corrected chi connectivity index (χ4v) is 5.44. The molecule has 3 aromatic rings. The zero-order valence-corrected chi connectivity index (χ0v) is 21.2. The van der Waals surface area contributed by atoms with E-state index in [9.17, 15) is 14.7 Å². The van der Waals surface area contributed by atoms with Crippen molar-refractivity contribution in [3.63, 3.8) is 0 Å². The first-order valence-corrected chi connectivity index (χ1v) is 12.5. The summed E-state index contributed by atoms with van der Waals surface area (Å²) in [5, 5.41) is 12.0. The van der Waals surface area contributed by atoms with Gasteiger partial charge in [-0.05, 0) is 56.5 Å². The Bertz CT molecular complexity index is 1350. The number of rotatable bonds is 7. The average Bonchev–Trinajstić information content (AvgIpc) is 3.57. The molecular weight excluding hydrogens is 482 g/mol. The van der Waals surface area contributed by atoms with Gasteiger partial charge in [-0.2, -0.15) is 0 Å². The van der Waals surface area contributed by atoms with Gasteiger partial charge in [0.15, 0.2) is 22.9 Å². The summed E-state index contributed by atoms with van der Waals surface area (Å²) in [6, 6.07) is 11.3. The maximum absolute atomic E-state index is 13.8. The smallest absolute Gasteiger partial charge is 0.290 e. The SMILES string of the molecule is COc1cc(Cl)cc2cc(C(=O)C3=C(O)C(=O)N(C4CCCC4)C3c3ccc(OC(C)C)cc3)oc12. The van der Waals surface area contributed by atoms with Gasteiger partial charge in [0.2, 0.25) is 5.78 Å². The molecule has 1 unspecified atom stereocenters. The van der Waals surface area contributed by atoms with Gasteiger partial charge in [0.25, 0.3) is 5.91 Å². The van der Waals surface area contributed by atoms with Crippen LogP contribution in [0.3, 0.4) is 0 Å². The molecule has 1 aliphatic heterocycles. The van der Waals surface area contributed by atoms with Gasteiger partial charge in [0.05, 0.1) is 24.8 Å². The Labute approximate surface area is 214 Å². The topological polar surface area (TPSA) is 89.2 Å². The summed E-state index contributed by atoms with van der Waals surface area (Å²) >= 11 is 6.18. The Morgan fingerprint density at radius 3 is 2.47 bits per heavy atom. The Hall–Kier alpha value is -3.45. The lowest BCUT2D eigenvalue weighted by atomic mass is 9.94. The van der Waals surface area contributed by atoms with E-state index >= 15 is 0 Å². The van der Waals surface area contributed by atoms with Crippen molar-refractivity contribution in [2.75, 3.05) is 7.11 Å². The largest absolute Gasteiger partial charge is 0.503 e. The molecule has 1 fully saturated rings. The van der Waals surface area contributed by atoms with Crippen molar-refractivity contribution in [1.29, 1.82) is 0 Å². The van der Waals surface area contributed by atoms with Crippen LogP contribution in [-0.2, 0) is 4.79 Å². The van der Waals surface area contributed by atoms with Crippen molar-refractivity contribution in [2.24, 2.45) is 0 Å². The number of hydrogen-bond acceptors (Lipinski definition) is 6. The quantitative estimate of drug-likeness (QED) is 0.370. The van der Waals surface area contributed by atoms with E-state index in [1.807, 2.05) is 38.1 Å². The highest BCUT2D eigenvalue weighted by Gasteiger charge is 2.47. The van der Waals surface area contributed by atoms with Crippen LogP contribution in [0, 0.1) is 0 Å². The molecule has 1 aromatic heterocycles. The predicted octanol–water partition coefficient (Wildman–Crippen LogP) is 6.40. The number of hydrogen-bond donors (Lipinski definition) is 1. The molecule has 0 bridgehead atoms. The van der Waals surface area contributed by atoms with Crippen LogP contribution < -0.4 is 9.47 Å². The summed E-state index contributed by atoms with van der Waals surface area (Å²) in [5.41, 5.74) is 1.10. The molecule has 0 saturated heterocycles. The van der Waals surface area contributed by atoms with Gasteiger partial charge in [0, 0.05) is 22.5 Å². The van der Waals surface area contributed by atoms with E-state index in [1.54, 1.807) is 23.1 Å². The summed E-state index contributed by atoms with van der Waals surface area (Å²) in [4.78, 5) is 28.8. The third-order valence-electron chi connectivity index (χ3n) is 6.76. The fraction of sp³-hybridized carbons (Fsp3) is 0.357. The van der Waals surface area contributed by atoms with Crippen LogP contribution in [0.2, 0.25) is 5.02 Å². The number of methoxy groups -OCH3 is 1. The lowest BCUT2D eigenvalue weighted by Gasteiger charge is -2.32. The maximum Gasteiger partial charge on any atom is 0.290 e. The second kappa shape index (κ2) is 9.54. The van der Waals surface area contributed by atoms with Gasteiger partial charge in [-0.3, -0.25) is 9.59 Å². The molecule has 7 nitrogen and oxygen atoms in total. The Morgan fingerprint density at radius 1 is 1.14 bits per heavy atom. The van der Waals surface area contributed by atoms with Crippen molar-refractivity contribution in [1.82, 2.24) is 4.90 Å². The number of halogens is 1. The molecule has 1 N–H and O–H groups in total. The van der Waals surface area contributed by atoms with Crippen LogP contribution in [0.25, 0.3) is 11.0 Å². The number of aliphatic hydroxyl groups is 1. The van der Waals surface area contributed by atoms with Gasteiger partial charge in [-0.1, -0.05) is 36.6 Å². The molecule has 1 saturated carbocycles.